The minimum atomic E-state index is 0.157. The van der Waals surface area contributed by atoms with Gasteiger partial charge in [0.05, 0.1) is 12.5 Å². The van der Waals surface area contributed by atoms with Gasteiger partial charge in [0.25, 0.3) is 5.82 Å². The van der Waals surface area contributed by atoms with E-state index in [0.29, 0.717) is 0 Å². The molecule has 0 saturated carbocycles. The molecule has 0 spiro atoms. The lowest BCUT2D eigenvalue weighted by atomic mass is 9.94. The number of aromatic nitrogens is 2. The van der Waals surface area contributed by atoms with Gasteiger partial charge in [-0.05, 0) is 41.5 Å². The van der Waals surface area contributed by atoms with E-state index in [1.165, 1.54) is 5.82 Å². The third-order valence-corrected chi connectivity index (χ3v) is 2.40. The number of aryl methyl sites for hydroxylation is 1. The molecule has 0 aliphatic rings. The van der Waals surface area contributed by atoms with E-state index in [-0.39, 0.29) is 11.0 Å². The summed E-state index contributed by atoms with van der Waals surface area (Å²) in [4.78, 5) is 0. The molecule has 0 aliphatic carbocycles. The van der Waals surface area contributed by atoms with Crippen molar-refractivity contribution in [2.45, 2.75) is 52.5 Å². The molecule has 0 fully saturated rings. The fourth-order valence-electron chi connectivity index (χ4n) is 1.91. The molecule has 1 rings (SSSR count). The topological polar surface area (TPSA) is 8.81 Å². The highest BCUT2D eigenvalue weighted by molar-refractivity contribution is 5.01. The van der Waals surface area contributed by atoms with Crippen molar-refractivity contribution >= 4 is 0 Å². The highest BCUT2D eigenvalue weighted by Crippen LogP contribution is 2.24. The van der Waals surface area contributed by atoms with Crippen molar-refractivity contribution in [3.63, 3.8) is 0 Å². The number of rotatable bonds is 0. The standard InChI is InChI=1S/C12H23N2/c1-11(2,3)10-13(7)8-9-14(10)12(4,5)6/h8-9H,1-7H3/q+1. The van der Waals surface area contributed by atoms with E-state index < -0.39 is 0 Å². The van der Waals surface area contributed by atoms with Crippen molar-refractivity contribution in [1.29, 1.82) is 0 Å². The zero-order valence-electron chi connectivity index (χ0n) is 10.5. The maximum atomic E-state index is 2.35. The average molecular weight is 195 g/mol. The van der Waals surface area contributed by atoms with Crippen LogP contribution in [-0.2, 0) is 18.0 Å². The molecular formula is C12H23N2+. The molecule has 1 heterocycles. The first-order valence-corrected chi connectivity index (χ1v) is 5.22. The Morgan fingerprint density at radius 3 is 1.86 bits per heavy atom. The van der Waals surface area contributed by atoms with Crippen molar-refractivity contribution in [3.8, 4) is 0 Å². The first-order chi connectivity index (χ1) is 6.14. The van der Waals surface area contributed by atoms with Crippen LogP contribution in [0.4, 0.5) is 0 Å². The summed E-state index contributed by atoms with van der Waals surface area (Å²) in [5.41, 5.74) is 0.343. The molecule has 0 bridgehead atoms. The number of imidazole rings is 1. The number of nitrogens with zero attached hydrogens (tertiary/aromatic N) is 2. The summed E-state index contributed by atoms with van der Waals surface area (Å²) in [7, 11) is 2.11. The van der Waals surface area contributed by atoms with Crippen LogP contribution in [0.1, 0.15) is 47.4 Å². The van der Waals surface area contributed by atoms with Crippen molar-refractivity contribution in [3.05, 3.63) is 18.2 Å². The fraction of sp³-hybridized carbons (Fsp3) is 0.750. The quantitative estimate of drug-likeness (QED) is 0.562. The molecule has 2 heteroatoms. The zero-order valence-corrected chi connectivity index (χ0v) is 10.5. The first kappa shape index (κ1) is 11.3. The van der Waals surface area contributed by atoms with Gasteiger partial charge < -0.3 is 0 Å². The van der Waals surface area contributed by atoms with Crippen LogP contribution in [-0.4, -0.2) is 4.57 Å². The molecule has 1 aromatic rings. The lowest BCUT2D eigenvalue weighted by Gasteiger charge is -2.23. The predicted molar refractivity (Wildman–Crippen MR) is 59.3 cm³/mol. The summed E-state index contributed by atoms with van der Waals surface area (Å²) in [6.07, 6.45) is 4.30. The second-order valence-corrected chi connectivity index (χ2v) is 6.02. The predicted octanol–water partition coefficient (Wildman–Crippen LogP) is 2.37. The summed E-state index contributed by atoms with van der Waals surface area (Å²) < 4.78 is 4.57. The summed E-state index contributed by atoms with van der Waals surface area (Å²) in [5, 5.41) is 0. The fourth-order valence-corrected chi connectivity index (χ4v) is 1.91. The van der Waals surface area contributed by atoms with E-state index in [4.69, 9.17) is 0 Å². The minimum Gasteiger partial charge on any atom is -0.236 e. The largest absolute Gasteiger partial charge is 0.262 e. The third-order valence-electron chi connectivity index (χ3n) is 2.40. The van der Waals surface area contributed by atoms with Crippen LogP contribution >= 0.6 is 0 Å². The second kappa shape index (κ2) is 3.11. The molecule has 0 amide bonds. The van der Waals surface area contributed by atoms with Crippen LogP contribution < -0.4 is 4.57 Å². The maximum Gasteiger partial charge on any atom is 0.262 e. The van der Waals surface area contributed by atoms with Crippen LogP contribution in [0.5, 0.6) is 0 Å². The highest BCUT2D eigenvalue weighted by atomic mass is 15.2. The average Bonchev–Trinajstić information content (AvgIpc) is 2.27. The molecule has 0 unspecified atom stereocenters. The molecule has 14 heavy (non-hydrogen) atoms. The van der Waals surface area contributed by atoms with Crippen molar-refractivity contribution in [2.24, 2.45) is 7.05 Å². The lowest BCUT2D eigenvalue weighted by molar-refractivity contribution is -0.682. The Kier molecular flexibility index (Phi) is 2.51. The van der Waals surface area contributed by atoms with Gasteiger partial charge in [0.1, 0.15) is 17.9 Å². The van der Waals surface area contributed by atoms with Crippen molar-refractivity contribution < 1.29 is 4.57 Å². The highest BCUT2D eigenvalue weighted by Gasteiger charge is 2.33. The second-order valence-electron chi connectivity index (χ2n) is 6.02. The Hall–Kier alpha value is -0.790. The van der Waals surface area contributed by atoms with E-state index in [0.717, 1.165) is 0 Å². The van der Waals surface area contributed by atoms with Crippen LogP contribution in [0.15, 0.2) is 12.4 Å². The van der Waals surface area contributed by atoms with E-state index in [1.54, 1.807) is 0 Å². The smallest absolute Gasteiger partial charge is 0.236 e. The van der Waals surface area contributed by atoms with Gasteiger partial charge in [0.15, 0.2) is 0 Å². The van der Waals surface area contributed by atoms with E-state index >= 15 is 0 Å². The van der Waals surface area contributed by atoms with Gasteiger partial charge in [0.2, 0.25) is 0 Å². The molecule has 1 aromatic heterocycles. The Morgan fingerprint density at radius 2 is 1.57 bits per heavy atom. The summed E-state index contributed by atoms with van der Waals surface area (Å²) >= 11 is 0. The Bertz CT molecular complexity index is 321. The monoisotopic (exact) mass is 195 g/mol. The van der Waals surface area contributed by atoms with Gasteiger partial charge >= 0.3 is 0 Å². The van der Waals surface area contributed by atoms with Gasteiger partial charge in [-0.25, -0.2) is 9.13 Å². The molecule has 2 nitrogen and oxygen atoms in total. The van der Waals surface area contributed by atoms with Gasteiger partial charge in [-0.2, -0.15) is 0 Å². The van der Waals surface area contributed by atoms with Gasteiger partial charge in [-0.1, -0.05) is 0 Å². The van der Waals surface area contributed by atoms with E-state index in [2.05, 4.69) is 70.1 Å². The van der Waals surface area contributed by atoms with E-state index in [1.807, 2.05) is 0 Å². The van der Waals surface area contributed by atoms with Crippen LogP contribution in [0, 0.1) is 0 Å². The summed E-state index contributed by atoms with van der Waals surface area (Å²) in [6, 6.07) is 0. The number of hydrogen-bond donors (Lipinski definition) is 0. The van der Waals surface area contributed by atoms with Crippen LogP contribution in [0.2, 0.25) is 0 Å². The molecule has 0 N–H and O–H groups in total. The molecule has 0 aromatic carbocycles. The number of hydrogen-bond acceptors (Lipinski definition) is 0. The summed E-state index contributed by atoms with van der Waals surface area (Å²) in [6.45, 7) is 13.5. The normalized spacial score (nSPS) is 13.4. The maximum absolute atomic E-state index is 2.35. The van der Waals surface area contributed by atoms with Crippen molar-refractivity contribution in [2.75, 3.05) is 0 Å². The molecule has 0 aliphatic heterocycles. The van der Waals surface area contributed by atoms with Crippen molar-refractivity contribution in [1.82, 2.24) is 4.57 Å². The first-order valence-electron chi connectivity index (χ1n) is 5.22. The molecule has 0 radical (unpaired) electrons. The van der Waals surface area contributed by atoms with Gasteiger partial charge in [-0.15, -0.1) is 0 Å². The van der Waals surface area contributed by atoms with Gasteiger partial charge in [0, 0.05) is 0 Å². The zero-order chi connectivity index (χ0) is 11.1. The molecule has 80 valence electrons. The van der Waals surface area contributed by atoms with Gasteiger partial charge in [-0.3, -0.25) is 0 Å². The lowest BCUT2D eigenvalue weighted by Crippen LogP contribution is -2.42. The SMILES string of the molecule is C[n+]1ccn(C(C)(C)C)c1C(C)(C)C. The Labute approximate surface area is 87.6 Å². The molecule has 0 atom stereocenters. The third kappa shape index (κ3) is 1.99. The van der Waals surface area contributed by atoms with E-state index in [9.17, 15) is 0 Å². The Balaban J connectivity index is 3.35. The minimum absolute atomic E-state index is 0.157. The van der Waals surface area contributed by atoms with Crippen LogP contribution in [0.25, 0.3) is 0 Å². The summed E-state index contributed by atoms with van der Waals surface area (Å²) in [5.74, 6) is 1.37. The molecular weight excluding hydrogens is 172 g/mol. The Morgan fingerprint density at radius 1 is 1.07 bits per heavy atom. The molecule has 0 saturated heterocycles. The van der Waals surface area contributed by atoms with Crippen LogP contribution in [0.3, 0.4) is 0 Å².